The molecule has 0 atom stereocenters. The van der Waals surface area contributed by atoms with Gasteiger partial charge in [0.15, 0.2) is 0 Å². The van der Waals surface area contributed by atoms with Crippen molar-refractivity contribution in [2.24, 2.45) is 0 Å². The number of carbonyl (C=O) groups is 1. The highest BCUT2D eigenvalue weighted by Gasteiger charge is 2.13. The van der Waals surface area contributed by atoms with Gasteiger partial charge in [-0.2, -0.15) is 0 Å². The van der Waals surface area contributed by atoms with Gasteiger partial charge in [0.2, 0.25) is 5.82 Å². The predicted molar refractivity (Wildman–Crippen MR) is 82.5 cm³/mol. The monoisotopic (exact) mass is 390 g/mol. The Labute approximate surface area is 129 Å². The number of rotatable bonds is 4. The molecule has 0 bridgehead atoms. The molecular weight excluding hydrogens is 379 g/mol. The molecule has 0 saturated heterocycles. The highest BCUT2D eigenvalue weighted by atomic mass is 127. The van der Waals surface area contributed by atoms with E-state index in [1.54, 1.807) is 12.1 Å². The molecule has 1 aromatic carbocycles. The topological polar surface area (TPSA) is 70.7 Å². The molecule has 0 fully saturated rings. The summed E-state index contributed by atoms with van der Waals surface area (Å²) in [5, 5.41) is 9.81. The summed E-state index contributed by atoms with van der Waals surface area (Å²) >= 11 is 8.20. The molecule has 0 unspecified atom stereocenters. The molecule has 2 aromatic rings. The number of aromatic nitrogens is 3. The third-order valence-corrected chi connectivity index (χ3v) is 3.38. The summed E-state index contributed by atoms with van der Waals surface area (Å²) < 4.78 is 1.00. The van der Waals surface area contributed by atoms with E-state index in [9.17, 15) is 4.79 Å². The summed E-state index contributed by atoms with van der Waals surface area (Å²) in [4.78, 5) is 16.1. The van der Waals surface area contributed by atoms with Crippen LogP contribution in [0.2, 0.25) is 5.02 Å². The molecule has 2 rings (SSSR count). The Hall–Kier alpha value is -1.15. The van der Waals surface area contributed by atoms with Crippen molar-refractivity contribution in [3.63, 3.8) is 0 Å². The average Bonchev–Trinajstić information content (AvgIpc) is 2.82. The molecule has 0 saturated carbocycles. The van der Waals surface area contributed by atoms with Gasteiger partial charge < -0.3 is 5.32 Å². The Morgan fingerprint density at radius 3 is 3.00 bits per heavy atom. The first-order valence-corrected chi connectivity index (χ1v) is 7.23. The van der Waals surface area contributed by atoms with Crippen LogP contribution in [0.15, 0.2) is 18.2 Å². The molecule has 2 N–H and O–H groups in total. The molecule has 19 heavy (non-hydrogen) atoms. The van der Waals surface area contributed by atoms with Crippen molar-refractivity contribution in [3.8, 4) is 0 Å². The third kappa shape index (κ3) is 3.66. The van der Waals surface area contributed by atoms with E-state index in [1.807, 2.05) is 13.0 Å². The van der Waals surface area contributed by atoms with Crippen LogP contribution in [0, 0.1) is 3.57 Å². The van der Waals surface area contributed by atoms with Crippen LogP contribution >= 0.6 is 34.2 Å². The van der Waals surface area contributed by atoms with Gasteiger partial charge in [0.25, 0.3) is 5.91 Å². The van der Waals surface area contributed by atoms with Crippen LogP contribution in [0.5, 0.6) is 0 Å². The second-order valence-electron chi connectivity index (χ2n) is 3.93. The van der Waals surface area contributed by atoms with Crippen LogP contribution in [-0.4, -0.2) is 21.1 Å². The average molecular weight is 391 g/mol. The molecule has 1 amide bonds. The Morgan fingerprint density at radius 1 is 1.53 bits per heavy atom. The standard InChI is InChI=1S/C12H12ClIN4O/c1-2-3-10-16-11(18-17-10)12(19)15-9-5-4-7(14)6-8(9)13/h4-6H,2-3H2,1H3,(H,15,19)(H,16,17,18). The van der Waals surface area contributed by atoms with Crippen LogP contribution in [-0.2, 0) is 6.42 Å². The second-order valence-corrected chi connectivity index (χ2v) is 5.59. The first-order chi connectivity index (χ1) is 9.10. The molecule has 100 valence electrons. The smallest absolute Gasteiger partial charge is 0.295 e. The first kappa shape index (κ1) is 14.3. The van der Waals surface area contributed by atoms with Gasteiger partial charge in [0.05, 0.1) is 10.7 Å². The number of benzene rings is 1. The molecule has 0 spiro atoms. The molecular formula is C12H12ClIN4O. The van der Waals surface area contributed by atoms with Crippen molar-refractivity contribution in [2.45, 2.75) is 19.8 Å². The second kappa shape index (κ2) is 6.33. The zero-order valence-corrected chi connectivity index (χ0v) is 13.1. The van der Waals surface area contributed by atoms with Crippen molar-refractivity contribution < 1.29 is 4.79 Å². The lowest BCUT2D eigenvalue weighted by Crippen LogP contribution is -2.14. The fourth-order valence-corrected chi connectivity index (χ4v) is 2.42. The van der Waals surface area contributed by atoms with E-state index >= 15 is 0 Å². The van der Waals surface area contributed by atoms with Gasteiger partial charge in [-0.1, -0.05) is 18.5 Å². The molecule has 0 aliphatic rings. The van der Waals surface area contributed by atoms with Crippen LogP contribution in [0.25, 0.3) is 0 Å². The highest BCUT2D eigenvalue weighted by Crippen LogP contribution is 2.24. The van der Waals surface area contributed by atoms with E-state index in [-0.39, 0.29) is 11.7 Å². The maximum Gasteiger partial charge on any atom is 0.295 e. The van der Waals surface area contributed by atoms with E-state index in [1.165, 1.54) is 0 Å². The molecule has 0 aliphatic carbocycles. The number of aryl methyl sites for hydroxylation is 1. The van der Waals surface area contributed by atoms with Crippen molar-refractivity contribution in [1.82, 2.24) is 15.2 Å². The molecule has 7 heteroatoms. The highest BCUT2D eigenvalue weighted by molar-refractivity contribution is 14.1. The maximum absolute atomic E-state index is 12.0. The van der Waals surface area contributed by atoms with E-state index in [0.29, 0.717) is 16.5 Å². The van der Waals surface area contributed by atoms with Crippen LogP contribution in [0.1, 0.15) is 29.8 Å². The number of halogens is 2. The number of H-pyrrole nitrogens is 1. The summed E-state index contributed by atoms with van der Waals surface area (Å²) in [5.74, 6) is 0.459. The van der Waals surface area contributed by atoms with E-state index in [0.717, 1.165) is 16.4 Å². The van der Waals surface area contributed by atoms with Crippen molar-refractivity contribution in [3.05, 3.63) is 38.4 Å². The zero-order chi connectivity index (χ0) is 13.8. The zero-order valence-electron chi connectivity index (χ0n) is 10.2. The number of amides is 1. The largest absolute Gasteiger partial charge is 0.318 e. The Morgan fingerprint density at radius 2 is 2.32 bits per heavy atom. The Kier molecular flexibility index (Phi) is 4.76. The third-order valence-electron chi connectivity index (χ3n) is 2.40. The van der Waals surface area contributed by atoms with E-state index < -0.39 is 0 Å². The lowest BCUT2D eigenvalue weighted by atomic mass is 10.3. The van der Waals surface area contributed by atoms with Gasteiger partial charge >= 0.3 is 0 Å². The molecule has 0 aliphatic heterocycles. The minimum atomic E-state index is -0.373. The molecule has 1 aromatic heterocycles. The fraction of sp³-hybridized carbons (Fsp3) is 0.250. The van der Waals surface area contributed by atoms with E-state index in [4.69, 9.17) is 11.6 Å². The van der Waals surface area contributed by atoms with Crippen molar-refractivity contribution in [1.29, 1.82) is 0 Å². The Bertz CT molecular complexity index is 599. The number of nitrogens with zero attached hydrogens (tertiary/aromatic N) is 2. The summed E-state index contributed by atoms with van der Waals surface area (Å²) in [6.07, 6.45) is 1.71. The molecule has 1 heterocycles. The van der Waals surface area contributed by atoms with Gasteiger partial charge in [-0.05, 0) is 47.2 Å². The van der Waals surface area contributed by atoms with Crippen molar-refractivity contribution >= 4 is 45.8 Å². The molecule has 5 nitrogen and oxygen atoms in total. The number of aromatic amines is 1. The fourth-order valence-electron chi connectivity index (χ4n) is 1.51. The normalized spacial score (nSPS) is 10.5. The lowest BCUT2D eigenvalue weighted by molar-refractivity contribution is 0.101. The molecule has 0 radical (unpaired) electrons. The predicted octanol–water partition coefficient (Wildman–Crippen LogP) is 3.27. The lowest BCUT2D eigenvalue weighted by Gasteiger charge is -2.05. The summed E-state index contributed by atoms with van der Waals surface area (Å²) in [7, 11) is 0. The van der Waals surface area contributed by atoms with Crippen LogP contribution in [0.4, 0.5) is 5.69 Å². The minimum absolute atomic E-state index is 0.123. The number of hydrogen-bond donors (Lipinski definition) is 2. The van der Waals surface area contributed by atoms with Crippen LogP contribution in [0.3, 0.4) is 0 Å². The summed E-state index contributed by atoms with van der Waals surface area (Å²) in [6.45, 7) is 2.04. The maximum atomic E-state index is 12.0. The first-order valence-electron chi connectivity index (χ1n) is 5.78. The number of hydrogen-bond acceptors (Lipinski definition) is 3. The van der Waals surface area contributed by atoms with Crippen LogP contribution < -0.4 is 5.32 Å². The van der Waals surface area contributed by atoms with Gasteiger partial charge in [0.1, 0.15) is 5.82 Å². The number of anilines is 1. The SMILES string of the molecule is CCCc1nc(C(=O)Nc2ccc(I)cc2Cl)n[nH]1. The summed E-state index contributed by atoms with van der Waals surface area (Å²) in [6, 6.07) is 5.39. The number of nitrogens with one attached hydrogen (secondary N) is 2. The van der Waals surface area contributed by atoms with Gasteiger partial charge in [0, 0.05) is 9.99 Å². The van der Waals surface area contributed by atoms with Crippen molar-refractivity contribution in [2.75, 3.05) is 5.32 Å². The van der Waals surface area contributed by atoms with Gasteiger partial charge in [-0.3, -0.25) is 9.89 Å². The quantitative estimate of drug-likeness (QED) is 0.787. The number of carbonyl (C=O) groups excluding carboxylic acids is 1. The minimum Gasteiger partial charge on any atom is -0.318 e. The Balaban J connectivity index is 2.11. The van der Waals surface area contributed by atoms with E-state index in [2.05, 4.69) is 43.1 Å². The van der Waals surface area contributed by atoms with Gasteiger partial charge in [-0.25, -0.2) is 4.98 Å². The summed E-state index contributed by atoms with van der Waals surface area (Å²) in [5.41, 5.74) is 0.550. The van der Waals surface area contributed by atoms with Gasteiger partial charge in [-0.15, -0.1) is 5.10 Å².